The molecule has 0 spiro atoms. The van der Waals surface area contributed by atoms with Crippen LogP contribution in [0, 0.1) is 6.92 Å². The van der Waals surface area contributed by atoms with Gasteiger partial charge in [-0.05, 0) is 35.7 Å². The molecule has 0 atom stereocenters. The van der Waals surface area contributed by atoms with E-state index in [1.807, 2.05) is 0 Å². The van der Waals surface area contributed by atoms with Crippen molar-refractivity contribution in [2.45, 2.75) is 26.4 Å². The molecule has 0 amide bonds. The summed E-state index contributed by atoms with van der Waals surface area (Å²) in [4.78, 5) is 0. The number of rotatable bonds is 4. The molecule has 1 radical (unpaired) electrons. The molecule has 1 heteroatoms. The molecule has 2 aromatic carbocycles. The van der Waals surface area contributed by atoms with E-state index in [-0.39, 0.29) is 0 Å². The SMILES string of the molecule is Cc1ccc(CC=C=C(c2ccccc2)[Si](C)C)cc1. The van der Waals surface area contributed by atoms with Gasteiger partial charge in [-0.3, -0.25) is 0 Å². The Labute approximate surface area is 124 Å². The molecule has 0 unspecified atom stereocenters. The number of hydrogen-bond acceptors (Lipinski definition) is 0. The summed E-state index contributed by atoms with van der Waals surface area (Å²) in [5.74, 6) is 0. The molecule has 101 valence electrons. The van der Waals surface area contributed by atoms with E-state index in [4.69, 9.17) is 0 Å². The second-order valence-electron chi connectivity index (χ2n) is 5.28. The lowest BCUT2D eigenvalue weighted by Gasteiger charge is -2.07. The topological polar surface area (TPSA) is 0 Å². The van der Waals surface area contributed by atoms with Crippen LogP contribution in [0.2, 0.25) is 13.1 Å². The fourth-order valence-electron chi connectivity index (χ4n) is 2.12. The van der Waals surface area contributed by atoms with Crippen LogP contribution in [0.1, 0.15) is 16.7 Å². The lowest BCUT2D eigenvalue weighted by molar-refractivity contribution is 1.26. The van der Waals surface area contributed by atoms with Gasteiger partial charge >= 0.3 is 0 Å². The van der Waals surface area contributed by atoms with Gasteiger partial charge in [0.2, 0.25) is 0 Å². The maximum Gasteiger partial charge on any atom is 0.0905 e. The summed E-state index contributed by atoms with van der Waals surface area (Å²) in [5.41, 5.74) is 7.50. The van der Waals surface area contributed by atoms with E-state index in [0.29, 0.717) is 0 Å². The largest absolute Gasteiger partial charge is 0.126 e. The molecule has 0 aliphatic carbocycles. The molecule has 0 aliphatic heterocycles. The van der Waals surface area contributed by atoms with Crippen LogP contribution in [-0.2, 0) is 6.42 Å². The van der Waals surface area contributed by atoms with E-state index >= 15 is 0 Å². The average Bonchev–Trinajstić information content (AvgIpc) is 2.46. The molecule has 0 nitrogen and oxygen atoms in total. The number of benzene rings is 2. The van der Waals surface area contributed by atoms with Crippen LogP contribution in [0.5, 0.6) is 0 Å². The van der Waals surface area contributed by atoms with Crippen molar-refractivity contribution in [1.29, 1.82) is 0 Å². The zero-order chi connectivity index (χ0) is 14.4. The normalized spacial score (nSPS) is 10.2. The first-order valence-corrected chi connectivity index (χ1v) is 9.53. The Morgan fingerprint density at radius 2 is 1.65 bits per heavy atom. The fourth-order valence-corrected chi connectivity index (χ4v) is 3.25. The van der Waals surface area contributed by atoms with Gasteiger partial charge in [-0.1, -0.05) is 73.3 Å². The van der Waals surface area contributed by atoms with E-state index in [0.717, 1.165) is 6.42 Å². The van der Waals surface area contributed by atoms with Gasteiger partial charge in [0.15, 0.2) is 0 Å². The molecule has 0 fully saturated rings. The first-order chi connectivity index (χ1) is 9.66. The van der Waals surface area contributed by atoms with Gasteiger partial charge in [0, 0.05) is 0 Å². The van der Waals surface area contributed by atoms with Crippen LogP contribution in [0.3, 0.4) is 0 Å². The molecular weight excluding hydrogens is 256 g/mol. The van der Waals surface area contributed by atoms with Crippen LogP contribution >= 0.6 is 0 Å². The van der Waals surface area contributed by atoms with Crippen LogP contribution < -0.4 is 0 Å². The number of hydrogen-bond donors (Lipinski definition) is 0. The Morgan fingerprint density at radius 3 is 2.25 bits per heavy atom. The van der Waals surface area contributed by atoms with Crippen molar-refractivity contribution in [3.63, 3.8) is 0 Å². The van der Waals surface area contributed by atoms with Gasteiger partial charge < -0.3 is 0 Å². The monoisotopic (exact) mass is 277 g/mol. The first-order valence-electron chi connectivity index (χ1n) is 7.03. The Balaban J connectivity index is 2.21. The molecule has 2 aromatic rings. The van der Waals surface area contributed by atoms with Crippen molar-refractivity contribution in [2.24, 2.45) is 0 Å². The highest BCUT2D eigenvalue weighted by molar-refractivity contribution is 6.76. The van der Waals surface area contributed by atoms with E-state index in [1.54, 1.807) is 0 Å². The molecule has 0 aromatic heterocycles. The Hall–Kier alpha value is -1.82. The smallest absolute Gasteiger partial charge is 0.0905 e. The van der Waals surface area contributed by atoms with Crippen LogP contribution in [0.15, 0.2) is 66.4 Å². The highest BCUT2D eigenvalue weighted by Crippen LogP contribution is 2.16. The van der Waals surface area contributed by atoms with Crippen molar-refractivity contribution in [1.82, 2.24) is 0 Å². The predicted octanol–water partition coefficient (Wildman–Crippen LogP) is 5.07. The summed E-state index contributed by atoms with van der Waals surface area (Å²) in [6.45, 7) is 6.76. The maximum atomic E-state index is 3.54. The lowest BCUT2D eigenvalue weighted by atomic mass is 10.1. The molecule has 0 N–H and O–H groups in total. The van der Waals surface area contributed by atoms with Gasteiger partial charge in [-0.15, -0.1) is 5.73 Å². The minimum Gasteiger partial charge on any atom is -0.126 e. The van der Waals surface area contributed by atoms with Crippen molar-refractivity contribution < 1.29 is 0 Å². The highest BCUT2D eigenvalue weighted by atomic mass is 28.3. The first kappa shape index (κ1) is 14.6. The highest BCUT2D eigenvalue weighted by Gasteiger charge is 2.06. The zero-order valence-corrected chi connectivity index (χ0v) is 13.5. The molecule has 0 heterocycles. The Bertz CT molecular complexity index is 600. The van der Waals surface area contributed by atoms with E-state index in [9.17, 15) is 0 Å². The van der Waals surface area contributed by atoms with Gasteiger partial charge in [0.1, 0.15) is 0 Å². The molecular formula is C19H21Si. The van der Waals surface area contributed by atoms with E-state index in [2.05, 4.69) is 86.4 Å². The molecule has 0 bridgehead atoms. The molecule has 0 aliphatic rings. The Morgan fingerprint density at radius 1 is 1.00 bits per heavy atom. The summed E-state index contributed by atoms with van der Waals surface area (Å²) >= 11 is 0. The van der Waals surface area contributed by atoms with E-state index < -0.39 is 8.80 Å². The maximum absolute atomic E-state index is 3.54. The minimum absolute atomic E-state index is 0.511. The van der Waals surface area contributed by atoms with Crippen LogP contribution in [0.4, 0.5) is 0 Å². The second kappa shape index (κ2) is 7.09. The quantitative estimate of drug-likeness (QED) is 0.540. The fraction of sp³-hybridized carbons (Fsp3) is 0.211. The Kier molecular flexibility index (Phi) is 5.17. The summed E-state index contributed by atoms with van der Waals surface area (Å²) in [6.07, 6.45) is 3.12. The van der Waals surface area contributed by atoms with Crippen LogP contribution in [-0.4, -0.2) is 8.80 Å². The summed E-state index contributed by atoms with van der Waals surface area (Å²) in [5, 5.41) is 1.38. The third-order valence-corrected chi connectivity index (χ3v) is 4.70. The van der Waals surface area contributed by atoms with Gasteiger partial charge in [0.25, 0.3) is 0 Å². The summed E-state index contributed by atoms with van der Waals surface area (Å²) < 4.78 is 0. The third-order valence-electron chi connectivity index (χ3n) is 3.27. The van der Waals surface area contributed by atoms with Gasteiger partial charge in [-0.2, -0.15) is 0 Å². The molecule has 0 saturated carbocycles. The second-order valence-corrected chi connectivity index (χ2v) is 7.78. The summed E-state index contributed by atoms with van der Waals surface area (Å²) in [6, 6.07) is 19.3. The molecule has 2 rings (SSSR count). The van der Waals surface area contributed by atoms with Gasteiger partial charge in [0.05, 0.1) is 8.80 Å². The number of allylic oxidation sites excluding steroid dienone is 1. The zero-order valence-electron chi connectivity index (χ0n) is 12.5. The lowest BCUT2D eigenvalue weighted by Crippen LogP contribution is -2.03. The average molecular weight is 277 g/mol. The van der Waals surface area contributed by atoms with Crippen molar-refractivity contribution in [3.8, 4) is 0 Å². The molecule has 20 heavy (non-hydrogen) atoms. The van der Waals surface area contributed by atoms with Crippen molar-refractivity contribution in [3.05, 3.63) is 83.1 Å². The standard InChI is InChI=1S/C19H21Si/c1-16-12-14-17(15-13-16)8-7-11-19(20(2)3)18-9-5-4-6-10-18/h4-7,9-10,12-15H,8H2,1-3H3. The van der Waals surface area contributed by atoms with E-state index in [1.165, 1.54) is 21.9 Å². The number of aryl methyl sites for hydroxylation is 1. The summed E-state index contributed by atoms with van der Waals surface area (Å²) in [7, 11) is -0.511. The predicted molar refractivity (Wildman–Crippen MR) is 90.3 cm³/mol. The van der Waals surface area contributed by atoms with Crippen LogP contribution in [0.25, 0.3) is 5.20 Å². The minimum atomic E-state index is -0.511. The molecule has 0 saturated heterocycles. The van der Waals surface area contributed by atoms with Crippen molar-refractivity contribution in [2.75, 3.05) is 0 Å². The third kappa shape index (κ3) is 4.09. The van der Waals surface area contributed by atoms with Gasteiger partial charge in [-0.25, -0.2) is 0 Å². The van der Waals surface area contributed by atoms with Crippen molar-refractivity contribution >= 4 is 14.0 Å².